The zero-order valence-electron chi connectivity index (χ0n) is 14.9. The molecular formula is C16H30N2O6. The van der Waals surface area contributed by atoms with Crippen molar-refractivity contribution in [3.63, 3.8) is 0 Å². The fourth-order valence-corrected chi connectivity index (χ4v) is 2.85. The van der Waals surface area contributed by atoms with Gasteiger partial charge in [0.25, 0.3) is 0 Å². The Labute approximate surface area is 143 Å². The summed E-state index contributed by atoms with van der Waals surface area (Å²) in [6, 6.07) is -0.571. The highest BCUT2D eigenvalue weighted by molar-refractivity contribution is 5.73. The van der Waals surface area contributed by atoms with Crippen LogP contribution in [0.3, 0.4) is 0 Å². The molecule has 0 spiro atoms. The molecular weight excluding hydrogens is 316 g/mol. The van der Waals surface area contributed by atoms with E-state index >= 15 is 0 Å². The van der Waals surface area contributed by atoms with E-state index in [1.165, 1.54) is 13.8 Å². The predicted octanol–water partition coefficient (Wildman–Crippen LogP) is 0.186. The molecule has 1 saturated heterocycles. The van der Waals surface area contributed by atoms with Gasteiger partial charge in [-0.05, 0) is 6.42 Å². The number of amides is 1. The van der Waals surface area contributed by atoms with Crippen molar-refractivity contribution in [2.45, 2.75) is 58.7 Å². The van der Waals surface area contributed by atoms with Gasteiger partial charge in [-0.1, -0.05) is 13.8 Å². The van der Waals surface area contributed by atoms with Crippen LogP contribution < -0.4 is 11.1 Å². The van der Waals surface area contributed by atoms with Crippen LogP contribution in [0.15, 0.2) is 0 Å². The second-order valence-corrected chi connectivity index (χ2v) is 5.88. The van der Waals surface area contributed by atoms with E-state index in [0.29, 0.717) is 26.4 Å². The number of hydrogen-bond acceptors (Lipinski definition) is 7. The van der Waals surface area contributed by atoms with E-state index in [9.17, 15) is 9.59 Å². The molecule has 8 heteroatoms. The van der Waals surface area contributed by atoms with Gasteiger partial charge in [0.2, 0.25) is 5.91 Å². The number of esters is 1. The summed E-state index contributed by atoms with van der Waals surface area (Å²) >= 11 is 0. The average molecular weight is 346 g/mol. The molecule has 1 aliphatic rings. The number of nitrogens with one attached hydrogen (secondary N) is 1. The topological polar surface area (TPSA) is 109 Å². The van der Waals surface area contributed by atoms with E-state index in [1.807, 2.05) is 13.8 Å². The first-order valence-corrected chi connectivity index (χ1v) is 8.39. The fourth-order valence-electron chi connectivity index (χ4n) is 2.85. The third-order valence-electron chi connectivity index (χ3n) is 3.91. The average Bonchev–Trinajstić information content (AvgIpc) is 2.51. The highest BCUT2D eigenvalue weighted by Gasteiger charge is 2.46. The van der Waals surface area contributed by atoms with Gasteiger partial charge in [-0.25, -0.2) is 0 Å². The summed E-state index contributed by atoms with van der Waals surface area (Å²) in [6.45, 7) is 8.25. The summed E-state index contributed by atoms with van der Waals surface area (Å²) in [4.78, 5) is 23.0. The summed E-state index contributed by atoms with van der Waals surface area (Å²) in [7, 11) is 0. The minimum Gasteiger partial charge on any atom is -0.460 e. The van der Waals surface area contributed by atoms with Crippen molar-refractivity contribution in [1.29, 1.82) is 0 Å². The maximum absolute atomic E-state index is 11.6. The second kappa shape index (κ2) is 10.6. The first-order valence-electron chi connectivity index (χ1n) is 8.39. The number of carbonyl (C=O) groups excluding carboxylic acids is 2. The molecule has 1 rings (SSSR count). The Morgan fingerprint density at radius 1 is 1.21 bits per heavy atom. The normalized spacial score (nSPS) is 30.0. The smallest absolute Gasteiger partial charge is 0.302 e. The fraction of sp³-hybridized carbons (Fsp3) is 0.875. The second-order valence-electron chi connectivity index (χ2n) is 5.88. The van der Waals surface area contributed by atoms with Crippen LogP contribution in [0.2, 0.25) is 0 Å². The standard InChI is InChI=1S/C16H30N2O6/c1-5-13-10(2)15(23-12(4)20)14(18-11(3)19)16(24-13)22-9-8-21-7-6-17/h10,13-16H,5-9,17H2,1-4H3,(H,18,19). The molecule has 0 aromatic heterocycles. The molecule has 1 aliphatic heterocycles. The van der Waals surface area contributed by atoms with Crippen molar-refractivity contribution in [2.24, 2.45) is 11.7 Å². The molecule has 5 unspecified atom stereocenters. The Bertz CT molecular complexity index is 406. The molecule has 0 aliphatic carbocycles. The molecule has 8 nitrogen and oxygen atoms in total. The summed E-state index contributed by atoms with van der Waals surface area (Å²) < 4.78 is 22.5. The molecule has 3 N–H and O–H groups in total. The van der Waals surface area contributed by atoms with Gasteiger partial charge in [0.1, 0.15) is 12.1 Å². The quantitative estimate of drug-likeness (QED) is 0.453. The van der Waals surface area contributed by atoms with Crippen molar-refractivity contribution < 1.29 is 28.5 Å². The molecule has 0 radical (unpaired) electrons. The van der Waals surface area contributed by atoms with Crippen LogP contribution in [0.5, 0.6) is 0 Å². The Kier molecular flexibility index (Phi) is 9.20. The van der Waals surface area contributed by atoms with Gasteiger partial charge in [-0.3, -0.25) is 9.59 Å². The summed E-state index contributed by atoms with van der Waals surface area (Å²) in [5, 5.41) is 2.79. The lowest BCUT2D eigenvalue weighted by Crippen LogP contribution is -2.62. The molecule has 1 amide bonds. The van der Waals surface area contributed by atoms with Gasteiger partial charge in [-0.15, -0.1) is 0 Å². The van der Waals surface area contributed by atoms with Crippen molar-refractivity contribution in [2.75, 3.05) is 26.4 Å². The van der Waals surface area contributed by atoms with Crippen LogP contribution in [0, 0.1) is 5.92 Å². The maximum atomic E-state index is 11.6. The third-order valence-corrected chi connectivity index (χ3v) is 3.91. The van der Waals surface area contributed by atoms with E-state index in [4.69, 9.17) is 24.7 Å². The van der Waals surface area contributed by atoms with Crippen LogP contribution in [0.1, 0.15) is 34.1 Å². The Morgan fingerprint density at radius 3 is 2.46 bits per heavy atom. The van der Waals surface area contributed by atoms with E-state index in [-0.39, 0.29) is 17.9 Å². The monoisotopic (exact) mass is 346 g/mol. The van der Waals surface area contributed by atoms with Gasteiger partial charge in [0, 0.05) is 26.3 Å². The first kappa shape index (κ1) is 20.8. The van der Waals surface area contributed by atoms with Gasteiger partial charge >= 0.3 is 5.97 Å². The zero-order chi connectivity index (χ0) is 18.1. The van der Waals surface area contributed by atoms with Crippen molar-refractivity contribution in [3.05, 3.63) is 0 Å². The Balaban J connectivity index is 2.81. The van der Waals surface area contributed by atoms with Crippen LogP contribution in [0.25, 0.3) is 0 Å². The number of nitrogens with two attached hydrogens (primary N) is 1. The molecule has 24 heavy (non-hydrogen) atoms. The molecule has 140 valence electrons. The third kappa shape index (κ3) is 6.35. The van der Waals surface area contributed by atoms with Gasteiger partial charge in [0.05, 0.1) is 25.9 Å². The number of ether oxygens (including phenoxy) is 4. The summed E-state index contributed by atoms with van der Waals surface area (Å²) in [6.07, 6.45) is -0.606. The van der Waals surface area contributed by atoms with Crippen LogP contribution in [0.4, 0.5) is 0 Å². The van der Waals surface area contributed by atoms with E-state index in [2.05, 4.69) is 5.32 Å². The van der Waals surface area contributed by atoms with Gasteiger partial charge < -0.3 is 30.0 Å². The van der Waals surface area contributed by atoms with Crippen molar-refractivity contribution in [1.82, 2.24) is 5.32 Å². The highest BCUT2D eigenvalue weighted by atomic mass is 16.7. The summed E-state index contributed by atoms with van der Waals surface area (Å²) in [5.74, 6) is -0.705. The highest BCUT2D eigenvalue weighted by Crippen LogP contribution is 2.30. The number of hydrogen-bond donors (Lipinski definition) is 2. The summed E-state index contributed by atoms with van der Waals surface area (Å²) in [5.41, 5.74) is 5.36. The number of rotatable bonds is 9. The first-order chi connectivity index (χ1) is 11.4. The lowest BCUT2D eigenvalue weighted by Gasteiger charge is -2.44. The molecule has 5 atom stereocenters. The van der Waals surface area contributed by atoms with E-state index in [1.54, 1.807) is 0 Å². The predicted molar refractivity (Wildman–Crippen MR) is 87.1 cm³/mol. The molecule has 0 aromatic carbocycles. The van der Waals surface area contributed by atoms with E-state index < -0.39 is 24.4 Å². The lowest BCUT2D eigenvalue weighted by atomic mass is 9.87. The van der Waals surface area contributed by atoms with Crippen LogP contribution >= 0.6 is 0 Å². The van der Waals surface area contributed by atoms with Crippen LogP contribution in [-0.4, -0.2) is 62.8 Å². The Morgan fingerprint density at radius 2 is 1.92 bits per heavy atom. The lowest BCUT2D eigenvalue weighted by molar-refractivity contribution is -0.255. The molecule has 1 heterocycles. The van der Waals surface area contributed by atoms with E-state index in [0.717, 1.165) is 6.42 Å². The SMILES string of the molecule is CCC1OC(OCCOCCN)C(NC(C)=O)C(OC(C)=O)C1C. The van der Waals surface area contributed by atoms with Crippen molar-refractivity contribution in [3.8, 4) is 0 Å². The largest absolute Gasteiger partial charge is 0.460 e. The minimum atomic E-state index is -0.708. The Hall–Kier alpha value is -1.22. The van der Waals surface area contributed by atoms with Crippen LogP contribution in [-0.2, 0) is 28.5 Å². The van der Waals surface area contributed by atoms with Gasteiger partial charge in [-0.2, -0.15) is 0 Å². The zero-order valence-corrected chi connectivity index (χ0v) is 14.9. The molecule has 0 bridgehead atoms. The van der Waals surface area contributed by atoms with Gasteiger partial charge in [0.15, 0.2) is 6.29 Å². The molecule has 0 saturated carbocycles. The van der Waals surface area contributed by atoms with Crippen molar-refractivity contribution >= 4 is 11.9 Å². The molecule has 1 fully saturated rings. The number of carbonyl (C=O) groups is 2. The maximum Gasteiger partial charge on any atom is 0.302 e. The minimum absolute atomic E-state index is 0.0657. The molecule has 0 aromatic rings.